The Labute approximate surface area is 284 Å². The minimum atomic E-state index is -0.832. The Bertz CT molecular complexity index is 1640. The number of halogens is 3. The Kier molecular flexibility index (Phi) is 16.5. The molecule has 2 aromatic carbocycles. The van der Waals surface area contributed by atoms with E-state index in [0.29, 0.717) is 32.8 Å². The van der Waals surface area contributed by atoms with E-state index >= 15 is 0 Å². The van der Waals surface area contributed by atoms with E-state index in [9.17, 15) is 4.79 Å². The predicted octanol–water partition coefficient (Wildman–Crippen LogP) is 4.97. The van der Waals surface area contributed by atoms with Crippen molar-refractivity contribution in [2.45, 2.75) is 34.1 Å². The SMILES string of the molecule is CCOc1ccc(Cc2nccc3cc(OCC)c(OCC)cc23)cc1OCC.Cl.Cl.NC(N)=NC(=O)c1nc(Cl)c(N)nc1N. The average molecular weight is 698 g/mol. The molecule has 13 nitrogen and oxygen atoms in total. The van der Waals surface area contributed by atoms with Gasteiger partial charge >= 0.3 is 5.91 Å². The molecule has 0 radical (unpaired) electrons. The van der Waals surface area contributed by atoms with Gasteiger partial charge in [-0.3, -0.25) is 9.78 Å². The molecule has 46 heavy (non-hydrogen) atoms. The van der Waals surface area contributed by atoms with Gasteiger partial charge in [0.1, 0.15) is 0 Å². The number of amides is 1. The third-order valence-corrected chi connectivity index (χ3v) is 6.11. The quantitative estimate of drug-likeness (QED) is 0.121. The molecule has 0 aliphatic heterocycles. The van der Waals surface area contributed by atoms with E-state index in [-0.39, 0.29) is 47.3 Å². The van der Waals surface area contributed by atoms with Crippen LogP contribution in [0.2, 0.25) is 5.15 Å². The number of guanidine groups is 1. The number of anilines is 2. The number of hydrogen-bond donors (Lipinski definition) is 4. The Morgan fingerprint density at radius 3 is 1.93 bits per heavy atom. The molecule has 2 heterocycles. The number of carbonyl (C=O) groups excluding carboxylic acids is 1. The minimum Gasteiger partial charge on any atom is -0.490 e. The Hall–Kier alpha value is -4.46. The second kappa shape index (κ2) is 19.1. The van der Waals surface area contributed by atoms with E-state index in [0.717, 1.165) is 45.0 Å². The molecule has 250 valence electrons. The van der Waals surface area contributed by atoms with Gasteiger partial charge in [0.2, 0.25) is 0 Å². The van der Waals surface area contributed by atoms with Gasteiger partial charge in [0, 0.05) is 18.0 Å². The molecule has 0 bridgehead atoms. The summed E-state index contributed by atoms with van der Waals surface area (Å²) < 4.78 is 23.0. The molecule has 16 heteroatoms. The number of aromatic nitrogens is 3. The first-order chi connectivity index (χ1) is 21.1. The van der Waals surface area contributed by atoms with E-state index in [4.69, 9.17) is 53.5 Å². The van der Waals surface area contributed by atoms with Crippen molar-refractivity contribution < 1.29 is 23.7 Å². The third kappa shape index (κ3) is 10.6. The summed E-state index contributed by atoms with van der Waals surface area (Å²) in [7, 11) is 0. The van der Waals surface area contributed by atoms with Crippen LogP contribution in [0.25, 0.3) is 10.8 Å². The van der Waals surface area contributed by atoms with Gasteiger partial charge in [0.25, 0.3) is 0 Å². The van der Waals surface area contributed by atoms with Crippen LogP contribution in [0.3, 0.4) is 0 Å². The smallest absolute Gasteiger partial charge is 0.302 e. The van der Waals surface area contributed by atoms with Gasteiger partial charge in [0.15, 0.2) is 51.4 Å². The van der Waals surface area contributed by atoms with Crippen LogP contribution in [0, 0.1) is 0 Å². The monoisotopic (exact) mass is 696 g/mol. The largest absolute Gasteiger partial charge is 0.490 e. The van der Waals surface area contributed by atoms with Crippen molar-refractivity contribution >= 4 is 70.7 Å². The van der Waals surface area contributed by atoms with E-state index in [1.165, 1.54) is 0 Å². The molecule has 0 saturated heterocycles. The number of benzene rings is 2. The van der Waals surface area contributed by atoms with Crippen LogP contribution in [0.15, 0.2) is 47.6 Å². The summed E-state index contributed by atoms with van der Waals surface area (Å²) in [5.41, 5.74) is 22.6. The Morgan fingerprint density at radius 2 is 1.35 bits per heavy atom. The maximum absolute atomic E-state index is 11.3. The van der Waals surface area contributed by atoms with E-state index in [1.807, 2.05) is 64.2 Å². The molecule has 4 rings (SSSR count). The molecule has 0 aliphatic rings. The molecular formula is C30H39Cl3N8O5. The standard InChI is InChI=1S/C24H29NO4.C6H8ClN7O.2ClH/c1-5-26-21-10-9-17(14-22(21)27-6-2)13-20-19-16-24(29-8-4)23(28-7-3)15-18(19)11-12-25-20;7-2-4(9)13-3(8)1(12-2)5(15)14-6(10)11;;/h9-12,14-16H,5-8,13H2,1-4H3;(H4,8,9,13)(H4,10,11,14,15);2*1H. The number of nitrogens with two attached hydrogens (primary N) is 4. The van der Waals surface area contributed by atoms with E-state index < -0.39 is 11.9 Å². The molecule has 0 saturated carbocycles. The van der Waals surface area contributed by atoms with Crippen LogP contribution in [-0.2, 0) is 6.42 Å². The third-order valence-electron chi connectivity index (χ3n) is 5.83. The van der Waals surface area contributed by atoms with Gasteiger partial charge in [-0.05, 0) is 69.0 Å². The fraction of sp³-hybridized carbons (Fsp3) is 0.300. The lowest BCUT2D eigenvalue weighted by atomic mass is 10.0. The summed E-state index contributed by atoms with van der Waals surface area (Å²) in [6.07, 6.45) is 2.52. The minimum absolute atomic E-state index is 0. The van der Waals surface area contributed by atoms with Gasteiger partial charge in [-0.25, -0.2) is 9.97 Å². The number of pyridine rings is 1. The lowest BCUT2D eigenvalue weighted by Crippen LogP contribution is -2.24. The van der Waals surface area contributed by atoms with Crippen LogP contribution in [0.5, 0.6) is 23.0 Å². The first-order valence-electron chi connectivity index (χ1n) is 13.9. The fourth-order valence-electron chi connectivity index (χ4n) is 4.09. The molecule has 0 spiro atoms. The van der Waals surface area contributed by atoms with Gasteiger partial charge < -0.3 is 41.9 Å². The Balaban J connectivity index is 0.000000531. The first kappa shape index (κ1) is 39.6. The maximum atomic E-state index is 11.3. The molecule has 2 aromatic heterocycles. The first-order valence-corrected chi connectivity index (χ1v) is 14.3. The number of ether oxygens (including phenoxy) is 4. The highest BCUT2D eigenvalue weighted by atomic mass is 35.5. The van der Waals surface area contributed by atoms with Gasteiger partial charge in [-0.15, -0.1) is 24.8 Å². The zero-order valence-corrected chi connectivity index (χ0v) is 28.3. The molecule has 4 aromatic rings. The molecule has 0 aliphatic carbocycles. The highest BCUT2D eigenvalue weighted by Gasteiger charge is 2.16. The normalized spacial score (nSPS) is 9.93. The summed E-state index contributed by atoms with van der Waals surface area (Å²) in [5.74, 6) is 1.54. The van der Waals surface area contributed by atoms with Crippen LogP contribution in [0.1, 0.15) is 49.4 Å². The second-order valence-corrected chi connectivity index (χ2v) is 9.30. The Morgan fingerprint density at radius 1 is 0.783 bits per heavy atom. The number of nitrogen functional groups attached to an aromatic ring is 2. The lowest BCUT2D eigenvalue weighted by Gasteiger charge is -2.15. The topological polar surface area (TPSA) is 209 Å². The van der Waals surface area contributed by atoms with Crippen molar-refractivity contribution in [1.29, 1.82) is 0 Å². The van der Waals surface area contributed by atoms with Crippen LogP contribution >= 0.6 is 36.4 Å². The van der Waals surface area contributed by atoms with Gasteiger partial charge in [-0.1, -0.05) is 17.7 Å². The zero-order chi connectivity index (χ0) is 32.2. The van der Waals surface area contributed by atoms with Crippen molar-refractivity contribution in [1.82, 2.24) is 15.0 Å². The predicted molar refractivity (Wildman–Crippen MR) is 186 cm³/mol. The highest BCUT2D eigenvalue weighted by molar-refractivity contribution is 6.31. The molecular weight excluding hydrogens is 659 g/mol. The fourth-order valence-corrected chi connectivity index (χ4v) is 4.21. The average Bonchev–Trinajstić information content (AvgIpc) is 2.97. The van der Waals surface area contributed by atoms with Crippen LogP contribution < -0.4 is 41.9 Å². The molecule has 0 atom stereocenters. The van der Waals surface area contributed by atoms with E-state index in [1.54, 1.807) is 0 Å². The van der Waals surface area contributed by atoms with Crippen LogP contribution in [-0.4, -0.2) is 53.2 Å². The van der Waals surface area contributed by atoms with Gasteiger partial charge in [-0.2, -0.15) is 4.99 Å². The van der Waals surface area contributed by atoms with Crippen molar-refractivity contribution in [2.24, 2.45) is 16.5 Å². The van der Waals surface area contributed by atoms with E-state index in [2.05, 4.69) is 26.0 Å². The van der Waals surface area contributed by atoms with Gasteiger partial charge in [0.05, 0.1) is 32.1 Å². The van der Waals surface area contributed by atoms with Crippen molar-refractivity contribution in [3.63, 3.8) is 0 Å². The van der Waals surface area contributed by atoms with Crippen LogP contribution in [0.4, 0.5) is 11.6 Å². The zero-order valence-electron chi connectivity index (χ0n) is 25.9. The number of hydrogen-bond acceptors (Lipinski definition) is 10. The summed E-state index contributed by atoms with van der Waals surface area (Å²) in [6, 6.07) is 12.1. The number of rotatable bonds is 11. The molecule has 0 unspecified atom stereocenters. The van der Waals surface area contributed by atoms with Crippen molar-refractivity contribution in [3.05, 3.63) is 64.7 Å². The van der Waals surface area contributed by atoms with Crippen molar-refractivity contribution in [3.8, 4) is 23.0 Å². The number of nitrogens with zero attached hydrogens (tertiary/aromatic N) is 4. The molecule has 8 N–H and O–H groups in total. The number of fused-ring (bicyclic) bond motifs is 1. The summed E-state index contributed by atoms with van der Waals surface area (Å²) in [6.45, 7) is 10.3. The second-order valence-electron chi connectivity index (χ2n) is 8.94. The van der Waals surface area contributed by atoms with Crippen molar-refractivity contribution in [2.75, 3.05) is 37.9 Å². The summed E-state index contributed by atoms with van der Waals surface area (Å²) >= 11 is 5.55. The summed E-state index contributed by atoms with van der Waals surface area (Å²) in [4.78, 5) is 26.4. The lowest BCUT2D eigenvalue weighted by molar-refractivity contribution is 0.0998. The molecule has 1 amide bonds. The number of carbonyl (C=O) groups is 1. The maximum Gasteiger partial charge on any atom is 0.302 e. The highest BCUT2D eigenvalue weighted by Crippen LogP contribution is 2.35. The summed E-state index contributed by atoms with van der Waals surface area (Å²) in [5, 5.41) is 2.00. The molecule has 0 fully saturated rings. The number of aliphatic imine (C=N–C) groups is 1.